The zero-order chi connectivity index (χ0) is 10.9. The van der Waals surface area contributed by atoms with Crippen molar-refractivity contribution in [3.05, 3.63) is 0 Å². The summed E-state index contributed by atoms with van der Waals surface area (Å²) in [6.45, 7) is 5.05. The number of hydrogen-bond acceptors (Lipinski definition) is 3. The van der Waals surface area contributed by atoms with E-state index in [1.807, 2.05) is 6.92 Å². The fraction of sp³-hybridized carbons (Fsp3) is 0.909. The SMILES string of the molecule is CN1CCC(NC(=O)C2(C)CCCN2)C1. The van der Waals surface area contributed by atoms with Gasteiger partial charge in [-0.1, -0.05) is 0 Å². The lowest BCUT2D eigenvalue weighted by Gasteiger charge is -2.25. The van der Waals surface area contributed by atoms with Crippen molar-refractivity contribution in [2.45, 2.75) is 37.8 Å². The average Bonchev–Trinajstić information content (AvgIpc) is 2.76. The molecule has 2 aliphatic rings. The predicted octanol–water partition coefficient (Wildman–Crippen LogP) is -0.0512. The topological polar surface area (TPSA) is 44.4 Å². The summed E-state index contributed by atoms with van der Waals surface area (Å²) in [5.41, 5.74) is -0.318. The minimum absolute atomic E-state index is 0.181. The molecule has 0 spiro atoms. The number of nitrogens with zero attached hydrogens (tertiary/aromatic N) is 1. The van der Waals surface area contributed by atoms with E-state index >= 15 is 0 Å². The monoisotopic (exact) mass is 211 g/mol. The second-order valence-electron chi connectivity index (χ2n) is 5.08. The van der Waals surface area contributed by atoms with Gasteiger partial charge in [-0.25, -0.2) is 0 Å². The Balaban J connectivity index is 1.86. The zero-order valence-corrected chi connectivity index (χ0v) is 9.68. The van der Waals surface area contributed by atoms with Crippen molar-refractivity contribution >= 4 is 5.91 Å². The van der Waals surface area contributed by atoms with Gasteiger partial charge in [-0.15, -0.1) is 0 Å². The van der Waals surface area contributed by atoms with Gasteiger partial charge in [0.15, 0.2) is 0 Å². The number of nitrogens with one attached hydrogen (secondary N) is 2. The minimum Gasteiger partial charge on any atom is -0.350 e. The van der Waals surface area contributed by atoms with Gasteiger partial charge in [0, 0.05) is 12.6 Å². The summed E-state index contributed by atoms with van der Waals surface area (Å²) in [6, 6.07) is 0.349. The van der Waals surface area contributed by atoms with Gasteiger partial charge in [0.25, 0.3) is 0 Å². The van der Waals surface area contributed by atoms with Crippen LogP contribution in [-0.2, 0) is 4.79 Å². The highest BCUT2D eigenvalue weighted by molar-refractivity contribution is 5.86. The first-order valence-electron chi connectivity index (χ1n) is 5.85. The Bertz CT molecular complexity index is 248. The summed E-state index contributed by atoms with van der Waals surface area (Å²) in [5.74, 6) is 0.181. The van der Waals surface area contributed by atoms with Gasteiger partial charge in [-0.3, -0.25) is 4.79 Å². The van der Waals surface area contributed by atoms with Gasteiger partial charge in [-0.2, -0.15) is 0 Å². The summed E-state index contributed by atoms with van der Waals surface area (Å²) < 4.78 is 0. The standard InChI is InChI=1S/C11H21N3O/c1-11(5-3-6-12-11)10(15)13-9-4-7-14(2)8-9/h9,12H,3-8H2,1-2H3,(H,13,15). The maximum Gasteiger partial charge on any atom is 0.240 e. The smallest absolute Gasteiger partial charge is 0.240 e. The van der Waals surface area contributed by atoms with E-state index in [1.165, 1.54) is 0 Å². The molecule has 0 radical (unpaired) electrons. The normalized spacial score (nSPS) is 37.1. The number of amides is 1. The summed E-state index contributed by atoms with van der Waals surface area (Å²) >= 11 is 0. The molecule has 2 fully saturated rings. The highest BCUT2D eigenvalue weighted by atomic mass is 16.2. The second kappa shape index (κ2) is 4.10. The first-order chi connectivity index (χ1) is 7.10. The molecule has 2 N–H and O–H groups in total. The van der Waals surface area contributed by atoms with E-state index in [0.29, 0.717) is 6.04 Å². The highest BCUT2D eigenvalue weighted by Gasteiger charge is 2.37. The van der Waals surface area contributed by atoms with Crippen LogP contribution in [0.3, 0.4) is 0 Å². The lowest BCUT2D eigenvalue weighted by Crippen LogP contribution is -2.54. The van der Waals surface area contributed by atoms with E-state index < -0.39 is 0 Å². The van der Waals surface area contributed by atoms with Crippen molar-refractivity contribution in [2.75, 3.05) is 26.7 Å². The molecule has 4 heteroatoms. The molecule has 86 valence electrons. The molecule has 15 heavy (non-hydrogen) atoms. The maximum absolute atomic E-state index is 12.0. The molecule has 0 aromatic heterocycles. The lowest BCUT2D eigenvalue weighted by molar-refractivity contribution is -0.127. The molecule has 0 saturated carbocycles. The van der Waals surface area contributed by atoms with Crippen molar-refractivity contribution < 1.29 is 4.79 Å². The Hall–Kier alpha value is -0.610. The third-order valence-corrected chi connectivity index (χ3v) is 3.60. The number of rotatable bonds is 2. The van der Waals surface area contributed by atoms with Crippen molar-refractivity contribution in [3.8, 4) is 0 Å². The van der Waals surface area contributed by atoms with E-state index in [9.17, 15) is 4.79 Å². The molecule has 2 rings (SSSR count). The van der Waals surface area contributed by atoms with E-state index in [0.717, 1.165) is 38.9 Å². The Morgan fingerprint density at radius 3 is 2.93 bits per heavy atom. The molecule has 2 heterocycles. The minimum atomic E-state index is -0.318. The summed E-state index contributed by atoms with van der Waals surface area (Å²) in [5, 5.41) is 6.44. The quantitative estimate of drug-likeness (QED) is 0.673. The van der Waals surface area contributed by atoms with Crippen LogP contribution in [-0.4, -0.2) is 49.1 Å². The average molecular weight is 211 g/mol. The molecule has 4 nitrogen and oxygen atoms in total. The Morgan fingerprint density at radius 1 is 1.60 bits per heavy atom. The van der Waals surface area contributed by atoms with Crippen molar-refractivity contribution in [1.82, 2.24) is 15.5 Å². The van der Waals surface area contributed by atoms with Gasteiger partial charge < -0.3 is 15.5 Å². The fourth-order valence-corrected chi connectivity index (χ4v) is 2.49. The van der Waals surface area contributed by atoms with Crippen molar-refractivity contribution in [2.24, 2.45) is 0 Å². The van der Waals surface area contributed by atoms with Crippen molar-refractivity contribution in [1.29, 1.82) is 0 Å². The molecule has 2 unspecified atom stereocenters. The van der Waals surface area contributed by atoms with Gasteiger partial charge in [0.1, 0.15) is 0 Å². The molecule has 2 aliphatic heterocycles. The summed E-state index contributed by atoms with van der Waals surface area (Å²) in [7, 11) is 2.10. The molecule has 0 aromatic carbocycles. The van der Waals surface area contributed by atoms with Crippen LogP contribution in [0.2, 0.25) is 0 Å². The van der Waals surface area contributed by atoms with Crippen molar-refractivity contribution in [3.63, 3.8) is 0 Å². The fourth-order valence-electron chi connectivity index (χ4n) is 2.49. The first-order valence-corrected chi connectivity index (χ1v) is 5.85. The van der Waals surface area contributed by atoms with Gasteiger partial charge in [0.05, 0.1) is 5.54 Å². The summed E-state index contributed by atoms with van der Waals surface area (Å²) in [4.78, 5) is 14.3. The lowest BCUT2D eigenvalue weighted by atomic mass is 9.99. The second-order valence-corrected chi connectivity index (χ2v) is 5.08. The Labute approximate surface area is 91.4 Å². The van der Waals surface area contributed by atoms with Crippen LogP contribution in [0.15, 0.2) is 0 Å². The largest absolute Gasteiger partial charge is 0.350 e. The maximum atomic E-state index is 12.0. The highest BCUT2D eigenvalue weighted by Crippen LogP contribution is 2.19. The molecule has 2 saturated heterocycles. The Morgan fingerprint density at radius 2 is 2.40 bits per heavy atom. The van der Waals surface area contributed by atoms with Crippen LogP contribution >= 0.6 is 0 Å². The number of carbonyl (C=O) groups excluding carboxylic acids is 1. The molecule has 0 aromatic rings. The van der Waals surface area contributed by atoms with E-state index in [2.05, 4.69) is 22.6 Å². The van der Waals surface area contributed by atoms with Gasteiger partial charge >= 0.3 is 0 Å². The van der Waals surface area contributed by atoms with Gasteiger partial charge in [0.2, 0.25) is 5.91 Å². The predicted molar refractivity (Wildman–Crippen MR) is 59.7 cm³/mol. The zero-order valence-electron chi connectivity index (χ0n) is 9.68. The molecular weight excluding hydrogens is 190 g/mol. The van der Waals surface area contributed by atoms with Crippen LogP contribution in [0.4, 0.5) is 0 Å². The van der Waals surface area contributed by atoms with E-state index in [-0.39, 0.29) is 11.4 Å². The number of carbonyl (C=O) groups is 1. The summed E-state index contributed by atoms with van der Waals surface area (Å²) in [6.07, 6.45) is 3.15. The van der Waals surface area contributed by atoms with Crippen LogP contribution < -0.4 is 10.6 Å². The number of hydrogen-bond donors (Lipinski definition) is 2. The first kappa shape index (κ1) is 10.9. The molecule has 0 aliphatic carbocycles. The van der Waals surface area contributed by atoms with Crippen LogP contribution in [0.5, 0.6) is 0 Å². The molecule has 0 bridgehead atoms. The van der Waals surface area contributed by atoms with E-state index in [1.54, 1.807) is 0 Å². The number of likely N-dealkylation sites (tertiary alicyclic amines) is 1. The molecule has 2 atom stereocenters. The van der Waals surface area contributed by atoms with E-state index in [4.69, 9.17) is 0 Å². The molecule has 1 amide bonds. The molecular formula is C11H21N3O. The van der Waals surface area contributed by atoms with Crippen LogP contribution in [0.1, 0.15) is 26.2 Å². The number of likely N-dealkylation sites (N-methyl/N-ethyl adjacent to an activating group) is 1. The van der Waals surface area contributed by atoms with Gasteiger partial charge in [-0.05, 0) is 46.3 Å². The van der Waals surface area contributed by atoms with Crippen LogP contribution in [0, 0.1) is 0 Å². The third kappa shape index (κ3) is 2.32. The third-order valence-electron chi connectivity index (χ3n) is 3.60. The Kier molecular flexibility index (Phi) is 2.98. The van der Waals surface area contributed by atoms with Crippen LogP contribution in [0.25, 0.3) is 0 Å².